The van der Waals surface area contributed by atoms with Crippen LogP contribution in [0, 0.1) is 0 Å². The van der Waals surface area contributed by atoms with Crippen LogP contribution in [0.2, 0.25) is 0 Å². The molecule has 2 atom stereocenters. The Kier molecular flexibility index (Phi) is 4.71. The Morgan fingerprint density at radius 1 is 1.37 bits per heavy atom. The van der Waals surface area contributed by atoms with Gasteiger partial charge in [-0.25, -0.2) is 4.68 Å². The summed E-state index contributed by atoms with van der Waals surface area (Å²) in [5.41, 5.74) is 2.24. The van der Waals surface area contributed by atoms with E-state index in [0.717, 1.165) is 12.1 Å². The summed E-state index contributed by atoms with van der Waals surface area (Å²) < 4.78 is 1.84. The second-order valence-corrected chi connectivity index (χ2v) is 4.74. The molecule has 2 N–H and O–H groups in total. The molecule has 1 aromatic carbocycles. The summed E-state index contributed by atoms with van der Waals surface area (Å²) in [5.74, 6) is 0. The molecule has 2 rings (SSSR count). The van der Waals surface area contributed by atoms with Crippen molar-refractivity contribution in [1.29, 1.82) is 0 Å². The summed E-state index contributed by atoms with van der Waals surface area (Å²) in [4.78, 5) is 0. The highest BCUT2D eigenvalue weighted by Gasteiger charge is 2.08. The van der Waals surface area contributed by atoms with Crippen molar-refractivity contribution in [1.82, 2.24) is 15.1 Å². The second kappa shape index (κ2) is 6.50. The summed E-state index contributed by atoms with van der Waals surface area (Å²) in [6.45, 7) is 4.70. The van der Waals surface area contributed by atoms with Gasteiger partial charge in [0, 0.05) is 25.0 Å². The summed E-state index contributed by atoms with van der Waals surface area (Å²) >= 11 is 0. The highest BCUT2D eigenvalue weighted by molar-refractivity contribution is 5.36. The van der Waals surface area contributed by atoms with Crippen molar-refractivity contribution in [3.8, 4) is 5.69 Å². The SMILES string of the molecule is CC[C@@H](O)CNC(C)c1cccc(-n2cccn2)c1. The number of nitrogens with one attached hydrogen (secondary N) is 1. The molecule has 1 aromatic heterocycles. The zero-order valence-corrected chi connectivity index (χ0v) is 11.5. The van der Waals surface area contributed by atoms with Crippen LogP contribution in [0.1, 0.15) is 31.9 Å². The largest absolute Gasteiger partial charge is 0.392 e. The number of aliphatic hydroxyl groups is 1. The van der Waals surface area contributed by atoms with Crippen LogP contribution in [-0.2, 0) is 0 Å². The lowest BCUT2D eigenvalue weighted by Gasteiger charge is -2.17. The van der Waals surface area contributed by atoms with Crippen molar-refractivity contribution < 1.29 is 5.11 Å². The highest BCUT2D eigenvalue weighted by atomic mass is 16.3. The van der Waals surface area contributed by atoms with E-state index in [-0.39, 0.29) is 12.1 Å². The Morgan fingerprint density at radius 3 is 2.89 bits per heavy atom. The second-order valence-electron chi connectivity index (χ2n) is 4.74. The van der Waals surface area contributed by atoms with Crippen LogP contribution in [0.5, 0.6) is 0 Å². The van der Waals surface area contributed by atoms with Crippen LogP contribution in [-0.4, -0.2) is 27.5 Å². The van der Waals surface area contributed by atoms with Crippen LogP contribution in [0.25, 0.3) is 5.69 Å². The first-order valence-corrected chi connectivity index (χ1v) is 6.72. The Bertz CT molecular complexity index is 496. The molecule has 0 spiro atoms. The van der Waals surface area contributed by atoms with Crippen LogP contribution >= 0.6 is 0 Å². The van der Waals surface area contributed by atoms with Gasteiger partial charge >= 0.3 is 0 Å². The Morgan fingerprint density at radius 2 is 2.21 bits per heavy atom. The molecule has 1 unspecified atom stereocenters. The summed E-state index contributed by atoms with van der Waals surface area (Å²) in [6.07, 6.45) is 4.19. The van der Waals surface area contributed by atoms with Crippen molar-refractivity contribution in [2.24, 2.45) is 0 Å². The Labute approximate surface area is 114 Å². The minimum atomic E-state index is -0.281. The third-order valence-corrected chi connectivity index (χ3v) is 3.27. The maximum Gasteiger partial charge on any atom is 0.0662 e. The quantitative estimate of drug-likeness (QED) is 0.837. The van der Waals surface area contributed by atoms with Crippen molar-refractivity contribution in [3.05, 3.63) is 48.3 Å². The molecule has 0 fully saturated rings. The van der Waals surface area contributed by atoms with Gasteiger partial charge < -0.3 is 10.4 Å². The number of rotatable bonds is 6. The van der Waals surface area contributed by atoms with Gasteiger partial charge in [0.2, 0.25) is 0 Å². The molecule has 0 aliphatic heterocycles. The number of hydrogen-bond donors (Lipinski definition) is 2. The van der Waals surface area contributed by atoms with Crippen LogP contribution in [0.3, 0.4) is 0 Å². The van der Waals surface area contributed by atoms with Gasteiger partial charge in [-0.2, -0.15) is 5.10 Å². The molecule has 0 radical (unpaired) electrons. The van der Waals surface area contributed by atoms with Gasteiger partial charge in [0.25, 0.3) is 0 Å². The number of aromatic nitrogens is 2. The Balaban J connectivity index is 2.06. The third-order valence-electron chi connectivity index (χ3n) is 3.27. The molecule has 0 amide bonds. The van der Waals surface area contributed by atoms with Gasteiger partial charge in [-0.3, -0.25) is 0 Å². The predicted molar refractivity (Wildman–Crippen MR) is 76.3 cm³/mol. The van der Waals surface area contributed by atoms with E-state index in [1.54, 1.807) is 6.20 Å². The van der Waals surface area contributed by atoms with E-state index in [9.17, 15) is 5.11 Å². The van der Waals surface area contributed by atoms with E-state index < -0.39 is 0 Å². The van der Waals surface area contributed by atoms with Gasteiger partial charge in [0.1, 0.15) is 0 Å². The van der Waals surface area contributed by atoms with Gasteiger partial charge in [-0.15, -0.1) is 0 Å². The van der Waals surface area contributed by atoms with E-state index >= 15 is 0 Å². The van der Waals surface area contributed by atoms with E-state index in [1.165, 1.54) is 5.56 Å². The van der Waals surface area contributed by atoms with Crippen LogP contribution < -0.4 is 5.32 Å². The third kappa shape index (κ3) is 3.66. The average molecular weight is 259 g/mol. The first-order valence-electron chi connectivity index (χ1n) is 6.72. The van der Waals surface area contributed by atoms with Crippen molar-refractivity contribution in [3.63, 3.8) is 0 Å². The Hall–Kier alpha value is -1.65. The van der Waals surface area contributed by atoms with Crippen molar-refractivity contribution >= 4 is 0 Å². The molecule has 0 bridgehead atoms. The molecule has 0 aliphatic rings. The van der Waals surface area contributed by atoms with Gasteiger partial charge in [-0.05, 0) is 37.1 Å². The molecular formula is C15H21N3O. The van der Waals surface area contributed by atoms with E-state index in [0.29, 0.717) is 6.54 Å². The molecule has 19 heavy (non-hydrogen) atoms. The lowest BCUT2D eigenvalue weighted by atomic mass is 10.1. The first kappa shape index (κ1) is 13.8. The molecule has 0 saturated carbocycles. The molecule has 4 nitrogen and oxygen atoms in total. The maximum absolute atomic E-state index is 9.58. The van der Waals surface area contributed by atoms with Gasteiger partial charge in [0.05, 0.1) is 11.8 Å². The zero-order chi connectivity index (χ0) is 13.7. The topological polar surface area (TPSA) is 50.1 Å². The minimum absolute atomic E-state index is 0.205. The lowest BCUT2D eigenvalue weighted by Crippen LogP contribution is -2.28. The summed E-state index contributed by atoms with van der Waals surface area (Å²) in [5, 5.41) is 17.2. The monoisotopic (exact) mass is 259 g/mol. The average Bonchev–Trinajstić information content (AvgIpc) is 2.98. The molecule has 0 saturated heterocycles. The van der Waals surface area contributed by atoms with E-state index in [1.807, 2.05) is 36.0 Å². The summed E-state index contributed by atoms with van der Waals surface area (Å²) in [6, 6.07) is 10.4. The molecule has 0 aliphatic carbocycles. The van der Waals surface area contributed by atoms with Crippen LogP contribution in [0.4, 0.5) is 0 Å². The first-order chi connectivity index (χ1) is 9.20. The summed E-state index contributed by atoms with van der Waals surface area (Å²) in [7, 11) is 0. The van der Waals surface area contributed by atoms with E-state index in [2.05, 4.69) is 29.5 Å². The molecule has 102 valence electrons. The van der Waals surface area contributed by atoms with Crippen molar-refractivity contribution in [2.45, 2.75) is 32.4 Å². The molecule has 1 heterocycles. The fraction of sp³-hybridized carbons (Fsp3) is 0.400. The van der Waals surface area contributed by atoms with Crippen LogP contribution in [0.15, 0.2) is 42.7 Å². The molecule has 2 aromatic rings. The fourth-order valence-electron chi connectivity index (χ4n) is 1.93. The number of hydrogen-bond acceptors (Lipinski definition) is 3. The normalized spacial score (nSPS) is 14.3. The number of aliphatic hydroxyl groups excluding tert-OH is 1. The molecule has 4 heteroatoms. The lowest BCUT2D eigenvalue weighted by molar-refractivity contribution is 0.164. The molecular weight excluding hydrogens is 238 g/mol. The smallest absolute Gasteiger partial charge is 0.0662 e. The van der Waals surface area contributed by atoms with Crippen molar-refractivity contribution in [2.75, 3.05) is 6.54 Å². The fourth-order valence-corrected chi connectivity index (χ4v) is 1.93. The predicted octanol–water partition coefficient (Wildman–Crippen LogP) is 2.29. The maximum atomic E-state index is 9.58. The van der Waals surface area contributed by atoms with Gasteiger partial charge in [-0.1, -0.05) is 19.1 Å². The van der Waals surface area contributed by atoms with E-state index in [4.69, 9.17) is 0 Å². The van der Waals surface area contributed by atoms with Gasteiger partial charge in [0.15, 0.2) is 0 Å². The minimum Gasteiger partial charge on any atom is -0.392 e. The highest BCUT2D eigenvalue weighted by Crippen LogP contribution is 2.16. The zero-order valence-electron chi connectivity index (χ0n) is 11.5. The standard InChI is InChI=1S/C15H21N3O/c1-3-15(19)11-16-12(2)13-6-4-7-14(10-13)18-9-5-8-17-18/h4-10,12,15-16,19H,3,11H2,1-2H3/t12?,15-/m1/s1. The number of benzene rings is 1. The number of nitrogens with zero attached hydrogens (tertiary/aromatic N) is 2.